The summed E-state index contributed by atoms with van der Waals surface area (Å²) < 4.78 is 0. The molecule has 0 bridgehead atoms. The highest BCUT2D eigenvalue weighted by Crippen LogP contribution is 2.28. The summed E-state index contributed by atoms with van der Waals surface area (Å²) in [6, 6.07) is 5.72. The number of nitrogens with zero attached hydrogens (tertiary/aromatic N) is 2. The van der Waals surface area contributed by atoms with Crippen LogP contribution in [0, 0.1) is 11.8 Å². The second kappa shape index (κ2) is 8.64. The number of carbonyl (C=O) groups is 1. The summed E-state index contributed by atoms with van der Waals surface area (Å²) in [5.41, 5.74) is 5.26. The van der Waals surface area contributed by atoms with Gasteiger partial charge in [0.2, 0.25) is 5.91 Å². The van der Waals surface area contributed by atoms with Gasteiger partial charge in [0.25, 0.3) is 0 Å². The topological polar surface area (TPSA) is 59.2 Å². The van der Waals surface area contributed by atoms with Gasteiger partial charge in [0.05, 0.1) is 0 Å². The van der Waals surface area contributed by atoms with Crippen molar-refractivity contribution in [2.24, 2.45) is 17.6 Å². The van der Waals surface area contributed by atoms with Crippen molar-refractivity contribution in [1.29, 1.82) is 0 Å². The van der Waals surface area contributed by atoms with Crippen molar-refractivity contribution in [3.8, 4) is 0 Å². The van der Waals surface area contributed by atoms with Gasteiger partial charge in [0.15, 0.2) is 0 Å². The third-order valence-electron chi connectivity index (χ3n) is 3.44. The molecule has 0 unspecified atom stereocenters. The van der Waals surface area contributed by atoms with Crippen LogP contribution in [-0.2, 0) is 4.79 Å². The zero-order valence-electron chi connectivity index (χ0n) is 12.0. The number of hydrogen-bond acceptors (Lipinski definition) is 3. The Bertz CT molecular complexity index is 319. The molecule has 0 saturated heterocycles. The first kappa shape index (κ1) is 15.6. The standard InChI is InChI=1S/C10H20N2O.C5H5N/c1-12(2)7-8-3-5-9(6-4-8)10(11)13;1-2-4-6-5-3-1/h8-9H,3-7H2,1-2H3,(H2,11,13);1-5H. The van der Waals surface area contributed by atoms with Crippen LogP contribution in [0.5, 0.6) is 0 Å². The molecule has 1 amide bonds. The average molecular weight is 263 g/mol. The highest BCUT2D eigenvalue weighted by atomic mass is 16.1. The van der Waals surface area contributed by atoms with E-state index in [-0.39, 0.29) is 11.8 Å². The molecule has 19 heavy (non-hydrogen) atoms. The lowest BCUT2D eigenvalue weighted by Gasteiger charge is -2.28. The molecule has 0 spiro atoms. The molecule has 1 aliphatic rings. The third-order valence-corrected chi connectivity index (χ3v) is 3.44. The van der Waals surface area contributed by atoms with Crippen LogP contribution >= 0.6 is 0 Å². The van der Waals surface area contributed by atoms with E-state index >= 15 is 0 Å². The minimum Gasteiger partial charge on any atom is -0.369 e. The molecular formula is C15H25N3O. The number of aromatic nitrogens is 1. The van der Waals surface area contributed by atoms with Gasteiger partial charge in [0.1, 0.15) is 0 Å². The summed E-state index contributed by atoms with van der Waals surface area (Å²) in [6.07, 6.45) is 7.80. The molecule has 2 N–H and O–H groups in total. The summed E-state index contributed by atoms with van der Waals surface area (Å²) in [4.78, 5) is 16.9. The molecule has 106 valence electrons. The maximum absolute atomic E-state index is 10.9. The third kappa shape index (κ3) is 6.91. The molecule has 1 aromatic heterocycles. The van der Waals surface area contributed by atoms with Crippen molar-refractivity contribution < 1.29 is 4.79 Å². The maximum Gasteiger partial charge on any atom is 0.220 e. The van der Waals surface area contributed by atoms with Crippen molar-refractivity contribution in [2.45, 2.75) is 25.7 Å². The normalized spacial score (nSPS) is 22.5. The minimum absolute atomic E-state index is 0.108. The molecule has 0 aromatic carbocycles. The molecule has 0 radical (unpaired) electrons. The van der Waals surface area contributed by atoms with Gasteiger partial charge in [-0.1, -0.05) is 6.07 Å². The number of amides is 1. The van der Waals surface area contributed by atoms with Crippen LogP contribution in [0.3, 0.4) is 0 Å². The molecule has 0 atom stereocenters. The van der Waals surface area contributed by atoms with Crippen molar-refractivity contribution in [2.75, 3.05) is 20.6 Å². The second-order valence-electron chi connectivity index (χ2n) is 5.41. The smallest absolute Gasteiger partial charge is 0.220 e. The van der Waals surface area contributed by atoms with Crippen LogP contribution < -0.4 is 5.73 Å². The van der Waals surface area contributed by atoms with E-state index in [4.69, 9.17) is 5.73 Å². The van der Waals surface area contributed by atoms with Gasteiger partial charge in [0, 0.05) is 24.9 Å². The van der Waals surface area contributed by atoms with Gasteiger partial charge >= 0.3 is 0 Å². The van der Waals surface area contributed by atoms with E-state index in [1.165, 1.54) is 0 Å². The first-order chi connectivity index (χ1) is 9.09. The van der Waals surface area contributed by atoms with Gasteiger partial charge in [-0.25, -0.2) is 0 Å². The Morgan fingerprint density at radius 3 is 2.05 bits per heavy atom. The Balaban J connectivity index is 0.000000250. The summed E-state index contributed by atoms with van der Waals surface area (Å²) >= 11 is 0. The van der Waals surface area contributed by atoms with E-state index < -0.39 is 0 Å². The van der Waals surface area contributed by atoms with Gasteiger partial charge in [-0.15, -0.1) is 0 Å². The lowest BCUT2D eigenvalue weighted by atomic mass is 9.81. The van der Waals surface area contributed by atoms with Crippen molar-refractivity contribution in [3.63, 3.8) is 0 Å². The summed E-state index contributed by atoms with van der Waals surface area (Å²) in [6.45, 7) is 1.14. The predicted molar refractivity (Wildman–Crippen MR) is 77.4 cm³/mol. The van der Waals surface area contributed by atoms with Gasteiger partial charge in [-0.05, 0) is 57.8 Å². The van der Waals surface area contributed by atoms with Gasteiger partial charge in [-0.2, -0.15) is 0 Å². The molecule has 0 aliphatic heterocycles. The van der Waals surface area contributed by atoms with E-state index in [0.717, 1.165) is 38.1 Å². The lowest BCUT2D eigenvalue weighted by Crippen LogP contribution is -2.31. The summed E-state index contributed by atoms with van der Waals surface area (Å²) in [5, 5.41) is 0. The van der Waals surface area contributed by atoms with E-state index in [0.29, 0.717) is 0 Å². The zero-order valence-corrected chi connectivity index (χ0v) is 12.0. The number of hydrogen-bond donors (Lipinski definition) is 1. The summed E-state index contributed by atoms with van der Waals surface area (Å²) in [7, 11) is 4.19. The van der Waals surface area contributed by atoms with Crippen LogP contribution in [-0.4, -0.2) is 36.4 Å². The number of primary amides is 1. The number of rotatable bonds is 3. The first-order valence-electron chi connectivity index (χ1n) is 6.88. The average Bonchev–Trinajstić information content (AvgIpc) is 2.41. The molecular weight excluding hydrogens is 238 g/mol. The van der Waals surface area contributed by atoms with Crippen molar-refractivity contribution in [1.82, 2.24) is 9.88 Å². The Hall–Kier alpha value is -1.42. The Morgan fingerprint density at radius 1 is 1.16 bits per heavy atom. The monoisotopic (exact) mass is 263 g/mol. The zero-order chi connectivity index (χ0) is 14.1. The Morgan fingerprint density at radius 2 is 1.74 bits per heavy atom. The number of pyridine rings is 1. The molecule has 1 aliphatic carbocycles. The van der Waals surface area contributed by atoms with Crippen LogP contribution in [0.2, 0.25) is 0 Å². The molecule has 4 nitrogen and oxygen atoms in total. The fraction of sp³-hybridized carbons (Fsp3) is 0.600. The van der Waals surface area contributed by atoms with Crippen LogP contribution in [0.25, 0.3) is 0 Å². The van der Waals surface area contributed by atoms with Gasteiger partial charge in [-0.3, -0.25) is 9.78 Å². The second-order valence-corrected chi connectivity index (χ2v) is 5.41. The highest BCUT2D eigenvalue weighted by molar-refractivity contribution is 5.76. The fourth-order valence-corrected chi connectivity index (χ4v) is 2.46. The van der Waals surface area contributed by atoms with Crippen LogP contribution in [0.4, 0.5) is 0 Å². The van der Waals surface area contributed by atoms with Gasteiger partial charge < -0.3 is 10.6 Å². The fourth-order valence-electron chi connectivity index (χ4n) is 2.46. The minimum atomic E-state index is -0.108. The molecule has 2 rings (SSSR count). The van der Waals surface area contributed by atoms with E-state index in [1.54, 1.807) is 12.4 Å². The lowest BCUT2D eigenvalue weighted by molar-refractivity contribution is -0.123. The molecule has 1 aromatic rings. The Kier molecular flexibility index (Phi) is 7.11. The predicted octanol–water partition coefficient (Wildman–Crippen LogP) is 1.92. The summed E-state index contributed by atoms with van der Waals surface area (Å²) in [5.74, 6) is 0.812. The van der Waals surface area contributed by atoms with Crippen molar-refractivity contribution in [3.05, 3.63) is 30.6 Å². The first-order valence-corrected chi connectivity index (χ1v) is 6.88. The van der Waals surface area contributed by atoms with E-state index in [2.05, 4.69) is 24.0 Å². The molecule has 4 heteroatoms. The van der Waals surface area contributed by atoms with Crippen molar-refractivity contribution >= 4 is 5.91 Å². The molecule has 1 fully saturated rings. The van der Waals surface area contributed by atoms with E-state index in [9.17, 15) is 4.79 Å². The number of nitrogens with two attached hydrogens (primary N) is 1. The number of carbonyl (C=O) groups excluding carboxylic acids is 1. The Labute approximate surface area is 116 Å². The maximum atomic E-state index is 10.9. The largest absolute Gasteiger partial charge is 0.369 e. The molecule has 1 heterocycles. The SMILES string of the molecule is CN(C)CC1CCC(C(N)=O)CC1.c1ccncc1. The van der Waals surface area contributed by atoms with Crippen LogP contribution in [0.15, 0.2) is 30.6 Å². The van der Waals surface area contributed by atoms with Crippen LogP contribution in [0.1, 0.15) is 25.7 Å². The van der Waals surface area contributed by atoms with E-state index in [1.807, 2.05) is 18.2 Å². The molecule has 1 saturated carbocycles. The quantitative estimate of drug-likeness (QED) is 0.906. The highest BCUT2D eigenvalue weighted by Gasteiger charge is 2.24.